The normalized spacial score (nSPS) is 27.0. The van der Waals surface area contributed by atoms with Crippen LogP contribution in [0, 0.1) is 0 Å². The van der Waals surface area contributed by atoms with Gasteiger partial charge in [-0.3, -0.25) is 4.98 Å². The highest BCUT2D eigenvalue weighted by Gasteiger charge is 2.34. The van der Waals surface area contributed by atoms with E-state index in [0.717, 1.165) is 11.8 Å². The number of pyridine rings is 1. The minimum Gasteiger partial charge on any atom is -0.256 e. The summed E-state index contributed by atoms with van der Waals surface area (Å²) in [6.07, 6.45) is 7.49. The summed E-state index contributed by atoms with van der Waals surface area (Å²) in [6, 6.07) is 8.97. The molecule has 0 radical (unpaired) electrons. The highest BCUT2D eigenvalue weighted by Crippen LogP contribution is 2.51. The Hall–Kier alpha value is -1.37. The van der Waals surface area contributed by atoms with Crippen LogP contribution in [0.2, 0.25) is 0 Å². The molecule has 1 aromatic heterocycles. The lowest BCUT2D eigenvalue weighted by Gasteiger charge is -2.18. The van der Waals surface area contributed by atoms with Gasteiger partial charge in [0.25, 0.3) is 0 Å². The van der Waals surface area contributed by atoms with Gasteiger partial charge < -0.3 is 0 Å². The molecule has 1 fully saturated rings. The highest BCUT2D eigenvalue weighted by molar-refractivity contribution is 5.81. The van der Waals surface area contributed by atoms with Crippen molar-refractivity contribution in [3.05, 3.63) is 41.6 Å². The summed E-state index contributed by atoms with van der Waals surface area (Å²) in [5.41, 5.74) is 4.41. The second-order valence-corrected chi connectivity index (χ2v) is 5.24. The van der Waals surface area contributed by atoms with E-state index >= 15 is 0 Å². The van der Waals surface area contributed by atoms with Crippen molar-refractivity contribution in [3.8, 4) is 0 Å². The fourth-order valence-corrected chi connectivity index (χ4v) is 3.62. The second-order valence-electron chi connectivity index (χ2n) is 5.24. The third-order valence-electron chi connectivity index (χ3n) is 4.36. The lowest BCUT2D eigenvalue weighted by molar-refractivity contribution is 0.435. The minimum absolute atomic E-state index is 0.833. The Morgan fingerprint density at radius 3 is 2.75 bits per heavy atom. The number of nitrogens with zero attached hydrogens (tertiary/aromatic N) is 1. The topological polar surface area (TPSA) is 12.9 Å². The van der Waals surface area contributed by atoms with E-state index in [0.29, 0.717) is 0 Å². The van der Waals surface area contributed by atoms with Crippen LogP contribution in [-0.2, 0) is 0 Å². The van der Waals surface area contributed by atoms with Crippen LogP contribution in [0.3, 0.4) is 0 Å². The van der Waals surface area contributed by atoms with Crippen molar-refractivity contribution in [3.63, 3.8) is 0 Å². The van der Waals surface area contributed by atoms with Crippen LogP contribution >= 0.6 is 0 Å². The van der Waals surface area contributed by atoms with Crippen molar-refractivity contribution in [2.24, 2.45) is 0 Å². The minimum atomic E-state index is 0.833. The number of fused-ring (bicyclic) bond motifs is 6. The molecule has 0 spiro atoms. The molecule has 4 rings (SSSR count). The molecule has 16 heavy (non-hydrogen) atoms. The first-order valence-corrected chi connectivity index (χ1v) is 6.30. The van der Waals surface area contributed by atoms with Gasteiger partial charge >= 0.3 is 0 Å². The molecule has 1 heteroatoms. The van der Waals surface area contributed by atoms with Gasteiger partial charge in [0, 0.05) is 11.6 Å². The average molecular weight is 209 g/mol. The SMILES string of the molecule is c1cnc2cc3c(cc2c1)[C@H]1CCC[C@@H]3C1. The molecule has 0 N–H and O–H groups in total. The largest absolute Gasteiger partial charge is 0.256 e. The second kappa shape index (κ2) is 3.07. The molecule has 1 aromatic carbocycles. The molecule has 1 heterocycles. The van der Waals surface area contributed by atoms with Crippen LogP contribution in [0.15, 0.2) is 30.5 Å². The molecule has 2 aliphatic rings. The maximum absolute atomic E-state index is 4.47. The molecular formula is C15H15N. The molecule has 2 aliphatic carbocycles. The molecule has 0 aliphatic heterocycles. The van der Waals surface area contributed by atoms with Gasteiger partial charge in [-0.15, -0.1) is 0 Å². The van der Waals surface area contributed by atoms with E-state index in [4.69, 9.17) is 0 Å². The molecule has 2 bridgehead atoms. The lowest BCUT2D eigenvalue weighted by Crippen LogP contribution is -2.01. The summed E-state index contributed by atoms with van der Waals surface area (Å²) < 4.78 is 0. The summed E-state index contributed by atoms with van der Waals surface area (Å²) >= 11 is 0. The standard InChI is InChI=1S/C15H15N/c1-3-10-7-11(4-1)14-9-15-12(8-13(10)14)5-2-6-16-15/h2,5-6,8-11H,1,3-4,7H2/t10-,11+/m0/s1. The zero-order chi connectivity index (χ0) is 10.5. The molecule has 80 valence electrons. The number of aromatic nitrogens is 1. The quantitative estimate of drug-likeness (QED) is 0.639. The number of rotatable bonds is 0. The van der Waals surface area contributed by atoms with Gasteiger partial charge in [-0.2, -0.15) is 0 Å². The van der Waals surface area contributed by atoms with Gasteiger partial charge in [-0.05, 0) is 60.4 Å². The molecule has 0 saturated heterocycles. The van der Waals surface area contributed by atoms with E-state index in [1.165, 1.54) is 36.6 Å². The number of benzene rings is 1. The Bertz CT molecular complexity index is 510. The average Bonchev–Trinajstić information content (AvgIpc) is 2.59. The Morgan fingerprint density at radius 2 is 1.88 bits per heavy atom. The van der Waals surface area contributed by atoms with Crippen LogP contribution in [0.25, 0.3) is 10.9 Å². The Labute approximate surface area is 95.5 Å². The lowest BCUT2D eigenvalue weighted by atomic mass is 9.87. The van der Waals surface area contributed by atoms with Crippen LogP contribution < -0.4 is 0 Å². The van der Waals surface area contributed by atoms with Gasteiger partial charge in [0.15, 0.2) is 0 Å². The summed E-state index contributed by atoms with van der Waals surface area (Å²) in [7, 11) is 0. The van der Waals surface area contributed by atoms with Crippen LogP contribution in [0.4, 0.5) is 0 Å². The molecule has 0 amide bonds. The van der Waals surface area contributed by atoms with Crippen molar-refractivity contribution in [1.82, 2.24) is 4.98 Å². The van der Waals surface area contributed by atoms with Crippen LogP contribution in [0.5, 0.6) is 0 Å². The van der Waals surface area contributed by atoms with Crippen molar-refractivity contribution >= 4 is 10.9 Å². The third-order valence-corrected chi connectivity index (χ3v) is 4.36. The van der Waals surface area contributed by atoms with Gasteiger partial charge in [0.1, 0.15) is 0 Å². The fraction of sp³-hybridized carbons (Fsp3) is 0.400. The smallest absolute Gasteiger partial charge is 0.0704 e. The predicted molar refractivity (Wildman–Crippen MR) is 65.7 cm³/mol. The van der Waals surface area contributed by atoms with Crippen molar-refractivity contribution in [2.75, 3.05) is 0 Å². The predicted octanol–water partition coefficient (Wildman–Crippen LogP) is 3.99. The summed E-state index contributed by atoms with van der Waals surface area (Å²) in [5, 5.41) is 1.31. The van der Waals surface area contributed by atoms with E-state index in [-0.39, 0.29) is 0 Å². The van der Waals surface area contributed by atoms with Gasteiger partial charge in [0.05, 0.1) is 5.52 Å². The van der Waals surface area contributed by atoms with Crippen molar-refractivity contribution in [1.29, 1.82) is 0 Å². The Kier molecular flexibility index (Phi) is 1.68. The maximum atomic E-state index is 4.47. The summed E-state index contributed by atoms with van der Waals surface area (Å²) in [6.45, 7) is 0. The van der Waals surface area contributed by atoms with Crippen LogP contribution in [-0.4, -0.2) is 4.98 Å². The van der Waals surface area contributed by atoms with E-state index in [2.05, 4.69) is 23.2 Å². The molecular weight excluding hydrogens is 194 g/mol. The van der Waals surface area contributed by atoms with E-state index in [1.807, 2.05) is 12.3 Å². The third kappa shape index (κ3) is 1.09. The molecule has 1 saturated carbocycles. The molecule has 2 atom stereocenters. The van der Waals surface area contributed by atoms with Gasteiger partial charge in [0.2, 0.25) is 0 Å². The first-order valence-electron chi connectivity index (χ1n) is 6.30. The number of hydrogen-bond donors (Lipinski definition) is 0. The summed E-state index contributed by atoms with van der Waals surface area (Å²) in [4.78, 5) is 4.47. The first-order chi connectivity index (χ1) is 7.92. The van der Waals surface area contributed by atoms with Crippen molar-refractivity contribution in [2.45, 2.75) is 37.5 Å². The highest BCUT2D eigenvalue weighted by atomic mass is 14.6. The van der Waals surface area contributed by atoms with Gasteiger partial charge in [-0.25, -0.2) is 0 Å². The zero-order valence-corrected chi connectivity index (χ0v) is 9.32. The van der Waals surface area contributed by atoms with Gasteiger partial charge in [-0.1, -0.05) is 12.5 Å². The molecule has 0 unspecified atom stereocenters. The summed E-state index contributed by atoms with van der Waals surface area (Å²) in [5.74, 6) is 1.68. The molecule has 1 nitrogen and oxygen atoms in total. The molecule has 2 aromatic rings. The fourth-order valence-electron chi connectivity index (χ4n) is 3.62. The first kappa shape index (κ1) is 8.74. The van der Waals surface area contributed by atoms with E-state index in [1.54, 1.807) is 11.1 Å². The monoisotopic (exact) mass is 209 g/mol. The zero-order valence-electron chi connectivity index (χ0n) is 9.32. The van der Waals surface area contributed by atoms with Crippen molar-refractivity contribution < 1.29 is 0 Å². The Balaban J connectivity index is 2.01. The number of hydrogen-bond acceptors (Lipinski definition) is 1. The maximum Gasteiger partial charge on any atom is 0.0704 e. The van der Waals surface area contributed by atoms with Crippen LogP contribution in [0.1, 0.15) is 48.6 Å². The van der Waals surface area contributed by atoms with E-state index in [9.17, 15) is 0 Å². The van der Waals surface area contributed by atoms with E-state index < -0.39 is 0 Å². The Morgan fingerprint density at radius 1 is 1.06 bits per heavy atom.